The predicted molar refractivity (Wildman–Crippen MR) is 131 cm³/mol. The van der Waals surface area contributed by atoms with Crippen molar-refractivity contribution in [1.82, 2.24) is 9.55 Å². The number of thioether (sulfide) groups is 1. The van der Waals surface area contributed by atoms with E-state index in [1.54, 1.807) is 11.8 Å². The maximum Gasteiger partial charge on any atom is 0.258 e. The first-order valence-corrected chi connectivity index (χ1v) is 12.5. The first-order chi connectivity index (χ1) is 15.1. The Morgan fingerprint density at radius 3 is 2.55 bits per heavy atom. The van der Waals surface area contributed by atoms with Crippen LogP contribution in [0.25, 0.3) is 11.3 Å². The lowest BCUT2D eigenvalue weighted by Crippen LogP contribution is -2.40. The van der Waals surface area contributed by atoms with Crippen LogP contribution in [0.3, 0.4) is 0 Å². The average Bonchev–Trinajstić information content (AvgIpc) is 2.79. The normalized spacial score (nSPS) is 17.3. The van der Waals surface area contributed by atoms with Crippen molar-refractivity contribution < 1.29 is 0 Å². The van der Waals surface area contributed by atoms with Gasteiger partial charge in [0.1, 0.15) is 0 Å². The molecule has 0 bridgehead atoms. The van der Waals surface area contributed by atoms with Crippen LogP contribution in [0.2, 0.25) is 0 Å². The third-order valence-corrected chi connectivity index (χ3v) is 7.63. The van der Waals surface area contributed by atoms with Crippen LogP contribution in [-0.2, 0) is 24.8 Å². The number of nitrogens with zero attached hydrogens (tertiary/aromatic N) is 2. The summed E-state index contributed by atoms with van der Waals surface area (Å²) in [6.45, 7) is 7.29. The van der Waals surface area contributed by atoms with E-state index in [1.807, 2.05) is 10.6 Å². The first-order valence-electron chi connectivity index (χ1n) is 11.5. The topological polar surface area (TPSA) is 34.9 Å². The van der Waals surface area contributed by atoms with Crippen LogP contribution in [0.15, 0.2) is 64.5 Å². The van der Waals surface area contributed by atoms with Crippen molar-refractivity contribution >= 4 is 11.8 Å². The smallest absolute Gasteiger partial charge is 0.258 e. The Morgan fingerprint density at radius 2 is 1.81 bits per heavy atom. The van der Waals surface area contributed by atoms with Crippen LogP contribution in [0, 0.1) is 0 Å². The molecule has 0 saturated heterocycles. The van der Waals surface area contributed by atoms with E-state index in [1.165, 1.54) is 11.1 Å². The second-order valence-electron chi connectivity index (χ2n) is 8.76. The Hall–Kier alpha value is -2.33. The standard InChI is InChI=1S/C27H32N2OS/c1-4-6-18-31-26-28-24-22-15-11-10-14-21(22)19-27(3,5-2)23(24)25(30)29(26)17-16-20-12-8-7-9-13-20/h7-15H,4-6,16-19H2,1-3H3/t27-/m1/s1. The van der Waals surface area contributed by atoms with Crippen molar-refractivity contribution in [2.75, 3.05) is 5.75 Å². The zero-order chi connectivity index (χ0) is 21.8. The van der Waals surface area contributed by atoms with E-state index in [0.29, 0.717) is 6.54 Å². The van der Waals surface area contributed by atoms with E-state index in [2.05, 4.69) is 69.3 Å². The van der Waals surface area contributed by atoms with E-state index in [4.69, 9.17) is 4.98 Å². The molecule has 0 amide bonds. The minimum absolute atomic E-state index is 0.152. The molecule has 1 aliphatic carbocycles. The largest absolute Gasteiger partial charge is 0.287 e. The van der Waals surface area contributed by atoms with Crippen molar-refractivity contribution in [3.63, 3.8) is 0 Å². The Labute approximate surface area is 189 Å². The van der Waals surface area contributed by atoms with Gasteiger partial charge in [0.05, 0.1) is 11.3 Å². The molecule has 162 valence electrons. The van der Waals surface area contributed by atoms with E-state index < -0.39 is 0 Å². The van der Waals surface area contributed by atoms with Crippen LogP contribution >= 0.6 is 11.8 Å². The van der Waals surface area contributed by atoms with Gasteiger partial charge in [0.15, 0.2) is 5.16 Å². The molecule has 0 unspecified atom stereocenters. The summed E-state index contributed by atoms with van der Waals surface area (Å²) >= 11 is 1.73. The number of hydrogen-bond donors (Lipinski definition) is 0. The van der Waals surface area contributed by atoms with Crippen LogP contribution in [0.1, 0.15) is 56.7 Å². The third kappa shape index (κ3) is 4.36. The van der Waals surface area contributed by atoms with Crippen LogP contribution in [0.5, 0.6) is 0 Å². The fraction of sp³-hybridized carbons (Fsp3) is 0.407. The quantitative estimate of drug-likeness (QED) is 0.239. The summed E-state index contributed by atoms with van der Waals surface area (Å²) in [5, 5.41) is 0.864. The van der Waals surface area contributed by atoms with Crippen molar-refractivity contribution in [2.45, 2.75) is 70.0 Å². The zero-order valence-corrected chi connectivity index (χ0v) is 19.7. The molecule has 0 spiro atoms. The highest BCUT2D eigenvalue weighted by molar-refractivity contribution is 7.99. The Bertz CT molecular complexity index is 1110. The molecule has 0 fully saturated rings. The predicted octanol–water partition coefficient (Wildman–Crippen LogP) is 6.27. The molecular weight excluding hydrogens is 400 g/mol. The van der Waals surface area contributed by atoms with Gasteiger partial charge in [-0.1, -0.05) is 93.6 Å². The van der Waals surface area contributed by atoms with Gasteiger partial charge in [-0.3, -0.25) is 9.36 Å². The minimum atomic E-state index is -0.186. The van der Waals surface area contributed by atoms with Crippen molar-refractivity contribution in [3.8, 4) is 11.3 Å². The van der Waals surface area contributed by atoms with Gasteiger partial charge in [0.2, 0.25) is 0 Å². The lowest BCUT2D eigenvalue weighted by Gasteiger charge is -2.36. The van der Waals surface area contributed by atoms with Gasteiger partial charge in [0.25, 0.3) is 5.56 Å². The number of aromatic nitrogens is 2. The molecule has 31 heavy (non-hydrogen) atoms. The summed E-state index contributed by atoms with van der Waals surface area (Å²) in [5.74, 6) is 0.986. The molecule has 0 N–H and O–H groups in total. The molecule has 3 nitrogen and oxygen atoms in total. The summed E-state index contributed by atoms with van der Waals surface area (Å²) in [7, 11) is 0. The highest BCUT2D eigenvalue weighted by atomic mass is 32.2. The Kier molecular flexibility index (Phi) is 6.66. The molecule has 1 heterocycles. The SMILES string of the molecule is CCCCSc1nc2c(c(=O)n1CCc1ccccc1)[C@](C)(CC)Cc1ccccc1-2. The van der Waals surface area contributed by atoms with E-state index >= 15 is 0 Å². The molecule has 0 radical (unpaired) electrons. The van der Waals surface area contributed by atoms with E-state index in [-0.39, 0.29) is 11.0 Å². The number of hydrogen-bond acceptors (Lipinski definition) is 3. The zero-order valence-electron chi connectivity index (χ0n) is 18.9. The highest BCUT2D eigenvalue weighted by Gasteiger charge is 2.38. The molecule has 2 aromatic carbocycles. The van der Waals surface area contributed by atoms with Crippen LogP contribution in [0.4, 0.5) is 0 Å². The fourth-order valence-corrected chi connectivity index (χ4v) is 5.59. The number of fused-ring (bicyclic) bond motifs is 3. The number of benzene rings is 2. The molecule has 3 aromatic rings. The lowest BCUT2D eigenvalue weighted by molar-refractivity contribution is 0.427. The van der Waals surface area contributed by atoms with E-state index in [9.17, 15) is 4.79 Å². The van der Waals surface area contributed by atoms with Gasteiger partial charge < -0.3 is 0 Å². The molecule has 1 aromatic heterocycles. The highest BCUT2D eigenvalue weighted by Crippen LogP contribution is 2.43. The molecule has 4 heteroatoms. The summed E-state index contributed by atoms with van der Waals surface area (Å²) in [4.78, 5) is 19.2. The number of rotatable bonds is 8. The van der Waals surface area contributed by atoms with Gasteiger partial charge in [0, 0.05) is 23.3 Å². The van der Waals surface area contributed by atoms with Crippen LogP contribution in [-0.4, -0.2) is 15.3 Å². The minimum Gasteiger partial charge on any atom is -0.287 e. The maximum absolute atomic E-state index is 14.0. The van der Waals surface area contributed by atoms with Crippen molar-refractivity contribution in [1.29, 1.82) is 0 Å². The summed E-state index contributed by atoms with van der Waals surface area (Å²) in [5.41, 5.74) is 5.46. The average molecular weight is 433 g/mol. The van der Waals surface area contributed by atoms with E-state index in [0.717, 1.165) is 59.8 Å². The Morgan fingerprint density at radius 1 is 1.06 bits per heavy atom. The molecule has 1 aliphatic rings. The molecule has 4 rings (SSSR count). The monoisotopic (exact) mass is 432 g/mol. The maximum atomic E-state index is 14.0. The molecular formula is C27H32N2OS. The van der Waals surface area contributed by atoms with Crippen molar-refractivity contribution in [3.05, 3.63) is 81.6 Å². The van der Waals surface area contributed by atoms with Gasteiger partial charge in [-0.25, -0.2) is 4.98 Å². The van der Waals surface area contributed by atoms with Gasteiger partial charge in [-0.2, -0.15) is 0 Å². The van der Waals surface area contributed by atoms with Crippen molar-refractivity contribution in [2.24, 2.45) is 0 Å². The third-order valence-electron chi connectivity index (χ3n) is 6.57. The molecule has 0 saturated carbocycles. The Balaban J connectivity index is 1.84. The summed E-state index contributed by atoms with van der Waals surface area (Å²) in [6.07, 6.45) is 4.92. The van der Waals surface area contributed by atoms with Gasteiger partial charge in [-0.15, -0.1) is 0 Å². The molecule has 1 atom stereocenters. The lowest BCUT2D eigenvalue weighted by atomic mass is 9.69. The second-order valence-corrected chi connectivity index (χ2v) is 9.82. The first kappa shape index (κ1) is 21.9. The van der Waals surface area contributed by atoms with Crippen LogP contribution < -0.4 is 5.56 Å². The number of aryl methyl sites for hydroxylation is 1. The summed E-state index contributed by atoms with van der Waals surface area (Å²) < 4.78 is 1.95. The van der Waals surface area contributed by atoms with Gasteiger partial charge in [-0.05, 0) is 36.8 Å². The number of unbranched alkanes of at least 4 members (excludes halogenated alkanes) is 1. The summed E-state index contributed by atoms with van der Waals surface area (Å²) in [6, 6.07) is 18.9. The van der Waals surface area contributed by atoms with Gasteiger partial charge >= 0.3 is 0 Å². The fourth-order valence-electron chi connectivity index (χ4n) is 4.49. The molecule has 0 aliphatic heterocycles. The second kappa shape index (κ2) is 9.44.